The highest BCUT2D eigenvalue weighted by Crippen LogP contribution is 2.36. The molecule has 0 saturated heterocycles. The molecular formula is C24H16Cl3F3N2O3. The number of hydrogen-bond acceptors (Lipinski definition) is 5. The van der Waals surface area contributed by atoms with E-state index in [0.29, 0.717) is 22.8 Å². The average Bonchev–Trinajstić information content (AvgIpc) is 2.77. The SMILES string of the molecule is CC(C)(Oc1ccc(Oc2ncc(C(F)(F)F)cc2Cl)cc1)C(=O)C(C#N)c1ccc(Cl)cc1Cl. The molecule has 0 bridgehead atoms. The summed E-state index contributed by atoms with van der Waals surface area (Å²) in [5.74, 6) is -1.42. The second kappa shape index (κ2) is 10.3. The molecule has 3 aromatic rings. The van der Waals surface area contributed by atoms with Crippen LogP contribution in [0, 0.1) is 11.3 Å². The zero-order valence-corrected chi connectivity index (χ0v) is 20.4. The smallest absolute Gasteiger partial charge is 0.417 e. The minimum atomic E-state index is -4.58. The Balaban J connectivity index is 1.74. The van der Waals surface area contributed by atoms with Crippen molar-refractivity contribution in [2.24, 2.45) is 0 Å². The normalized spacial score (nSPS) is 12.5. The first-order valence-electron chi connectivity index (χ1n) is 9.90. The average molecular weight is 544 g/mol. The van der Waals surface area contributed by atoms with E-state index in [1.165, 1.54) is 56.3 Å². The van der Waals surface area contributed by atoms with Crippen LogP contribution >= 0.6 is 34.8 Å². The van der Waals surface area contributed by atoms with Gasteiger partial charge in [-0.15, -0.1) is 0 Å². The second-order valence-corrected chi connectivity index (χ2v) is 9.04. The number of nitrogens with zero attached hydrogens (tertiary/aromatic N) is 2. The summed E-state index contributed by atoms with van der Waals surface area (Å²) in [4.78, 5) is 16.7. The molecule has 182 valence electrons. The van der Waals surface area contributed by atoms with Crippen LogP contribution in [0.4, 0.5) is 13.2 Å². The van der Waals surface area contributed by atoms with E-state index in [4.69, 9.17) is 44.3 Å². The minimum Gasteiger partial charge on any atom is -0.480 e. The monoisotopic (exact) mass is 542 g/mol. The number of pyridine rings is 1. The third-order valence-corrected chi connectivity index (χ3v) is 5.64. The van der Waals surface area contributed by atoms with Gasteiger partial charge in [-0.25, -0.2) is 4.98 Å². The Labute approximate surface area is 214 Å². The van der Waals surface area contributed by atoms with Crippen molar-refractivity contribution in [1.29, 1.82) is 5.26 Å². The van der Waals surface area contributed by atoms with Crippen molar-refractivity contribution in [2.45, 2.75) is 31.5 Å². The summed E-state index contributed by atoms with van der Waals surface area (Å²) in [5.41, 5.74) is -2.10. The van der Waals surface area contributed by atoms with E-state index >= 15 is 0 Å². The van der Waals surface area contributed by atoms with Gasteiger partial charge in [-0.05, 0) is 61.9 Å². The highest BCUT2D eigenvalue weighted by Gasteiger charge is 2.38. The number of nitriles is 1. The largest absolute Gasteiger partial charge is 0.480 e. The number of carbonyl (C=O) groups is 1. The Kier molecular flexibility index (Phi) is 7.85. The number of aromatic nitrogens is 1. The fourth-order valence-electron chi connectivity index (χ4n) is 3.04. The molecule has 0 N–H and O–H groups in total. The first-order valence-corrected chi connectivity index (χ1v) is 11.0. The van der Waals surface area contributed by atoms with E-state index in [9.17, 15) is 23.2 Å². The van der Waals surface area contributed by atoms with Gasteiger partial charge in [-0.3, -0.25) is 4.79 Å². The number of rotatable bonds is 7. The first-order chi connectivity index (χ1) is 16.3. The lowest BCUT2D eigenvalue weighted by molar-refractivity contribution is -0.137. The molecule has 1 aromatic heterocycles. The van der Waals surface area contributed by atoms with Gasteiger partial charge in [0, 0.05) is 16.2 Å². The summed E-state index contributed by atoms with van der Waals surface area (Å²) in [6, 6.07) is 13.1. The Morgan fingerprint density at radius 2 is 1.63 bits per heavy atom. The van der Waals surface area contributed by atoms with Crippen LogP contribution in [0.1, 0.15) is 30.9 Å². The lowest BCUT2D eigenvalue weighted by Gasteiger charge is -2.27. The molecule has 35 heavy (non-hydrogen) atoms. The Morgan fingerprint density at radius 1 is 1.00 bits per heavy atom. The Bertz CT molecular complexity index is 1290. The number of halogens is 6. The summed E-state index contributed by atoms with van der Waals surface area (Å²) in [6.45, 7) is 3.03. The number of benzene rings is 2. The quantitative estimate of drug-likeness (QED) is 0.303. The van der Waals surface area contributed by atoms with Crippen molar-refractivity contribution in [2.75, 3.05) is 0 Å². The lowest BCUT2D eigenvalue weighted by Crippen LogP contribution is -2.41. The minimum absolute atomic E-state index is 0.185. The van der Waals surface area contributed by atoms with E-state index in [2.05, 4.69) is 4.98 Å². The van der Waals surface area contributed by atoms with Crippen molar-refractivity contribution in [3.63, 3.8) is 0 Å². The highest BCUT2D eigenvalue weighted by atomic mass is 35.5. The standard InChI is InChI=1S/C24H16Cl3F3N2O3/c1-23(2,21(33)18(11-31)17-8-3-14(25)10-19(17)26)35-16-6-4-15(5-7-16)34-22-20(27)9-13(12-32-22)24(28,29)30/h3-10,12,18H,1-2H3. The molecule has 1 unspecified atom stereocenters. The lowest BCUT2D eigenvalue weighted by atomic mass is 9.87. The van der Waals surface area contributed by atoms with Crippen LogP contribution in [-0.2, 0) is 11.0 Å². The van der Waals surface area contributed by atoms with E-state index in [1.807, 2.05) is 6.07 Å². The number of ether oxygens (including phenoxy) is 2. The molecular weight excluding hydrogens is 528 g/mol. The molecule has 0 aliphatic heterocycles. The maximum Gasteiger partial charge on any atom is 0.417 e. The molecule has 0 aliphatic carbocycles. The summed E-state index contributed by atoms with van der Waals surface area (Å²) < 4.78 is 49.5. The van der Waals surface area contributed by atoms with Crippen molar-refractivity contribution in [3.8, 4) is 23.4 Å². The van der Waals surface area contributed by atoms with E-state index < -0.39 is 29.0 Å². The molecule has 11 heteroatoms. The second-order valence-electron chi connectivity index (χ2n) is 7.79. The molecule has 3 rings (SSSR count). The van der Waals surface area contributed by atoms with Crippen LogP contribution in [0.5, 0.6) is 17.4 Å². The molecule has 1 atom stereocenters. The summed E-state index contributed by atoms with van der Waals surface area (Å²) in [7, 11) is 0. The molecule has 0 aliphatic rings. The van der Waals surface area contributed by atoms with E-state index in [0.717, 1.165) is 0 Å². The Hall–Kier alpha value is -2.99. The number of alkyl halides is 3. The van der Waals surface area contributed by atoms with Crippen LogP contribution in [0.25, 0.3) is 0 Å². The number of hydrogen-bond donors (Lipinski definition) is 0. The zero-order chi connectivity index (χ0) is 26.0. The summed E-state index contributed by atoms with van der Waals surface area (Å²) >= 11 is 17.9. The molecule has 5 nitrogen and oxygen atoms in total. The fourth-order valence-corrected chi connectivity index (χ4v) is 3.76. The maximum atomic E-state index is 13.1. The highest BCUT2D eigenvalue weighted by molar-refractivity contribution is 6.35. The summed E-state index contributed by atoms with van der Waals surface area (Å²) in [5, 5.41) is 9.86. The van der Waals surface area contributed by atoms with Gasteiger partial charge in [0.2, 0.25) is 5.88 Å². The third kappa shape index (κ3) is 6.37. The zero-order valence-electron chi connectivity index (χ0n) is 18.2. The van der Waals surface area contributed by atoms with Crippen LogP contribution in [0.15, 0.2) is 54.7 Å². The molecule has 0 spiro atoms. The predicted molar refractivity (Wildman–Crippen MR) is 125 cm³/mol. The van der Waals surface area contributed by atoms with Gasteiger partial charge >= 0.3 is 6.18 Å². The maximum absolute atomic E-state index is 13.1. The van der Waals surface area contributed by atoms with Gasteiger partial charge in [0.05, 0.1) is 11.6 Å². The van der Waals surface area contributed by atoms with Gasteiger partial charge in [0.25, 0.3) is 0 Å². The van der Waals surface area contributed by atoms with Gasteiger partial charge in [-0.2, -0.15) is 18.4 Å². The first kappa shape index (κ1) is 26.6. The van der Waals surface area contributed by atoms with Crippen LogP contribution in [0.2, 0.25) is 15.1 Å². The van der Waals surface area contributed by atoms with Crippen LogP contribution < -0.4 is 9.47 Å². The predicted octanol–water partition coefficient (Wildman–Crippen LogP) is 7.89. The summed E-state index contributed by atoms with van der Waals surface area (Å²) in [6.07, 6.45) is -3.97. The molecule has 0 saturated carbocycles. The van der Waals surface area contributed by atoms with Gasteiger partial charge in [-0.1, -0.05) is 40.9 Å². The van der Waals surface area contributed by atoms with Crippen molar-refractivity contribution in [1.82, 2.24) is 4.98 Å². The Morgan fingerprint density at radius 3 is 2.17 bits per heavy atom. The topological polar surface area (TPSA) is 72.2 Å². The van der Waals surface area contributed by atoms with Gasteiger partial charge in [0.1, 0.15) is 22.4 Å². The van der Waals surface area contributed by atoms with Crippen molar-refractivity contribution < 1.29 is 27.4 Å². The molecule has 0 amide bonds. The molecule has 0 radical (unpaired) electrons. The van der Waals surface area contributed by atoms with Crippen molar-refractivity contribution in [3.05, 3.63) is 80.9 Å². The van der Waals surface area contributed by atoms with Crippen LogP contribution in [-0.4, -0.2) is 16.4 Å². The van der Waals surface area contributed by atoms with Gasteiger partial charge < -0.3 is 9.47 Å². The van der Waals surface area contributed by atoms with Crippen molar-refractivity contribution >= 4 is 40.6 Å². The number of Topliss-reactive ketones (excluding diaryl/α,β-unsaturated/α-hetero) is 1. The van der Waals surface area contributed by atoms with Crippen LogP contribution in [0.3, 0.4) is 0 Å². The van der Waals surface area contributed by atoms with E-state index in [1.54, 1.807) is 0 Å². The van der Waals surface area contributed by atoms with E-state index in [-0.39, 0.29) is 27.4 Å². The molecule has 1 heterocycles. The molecule has 2 aromatic carbocycles. The third-order valence-electron chi connectivity index (χ3n) is 4.80. The number of ketones is 1. The van der Waals surface area contributed by atoms with Gasteiger partial charge in [0.15, 0.2) is 11.4 Å². The number of carbonyl (C=O) groups excluding carboxylic acids is 1. The fraction of sp³-hybridized carbons (Fsp3) is 0.208. The molecule has 0 fully saturated rings.